The number of ether oxygens (including phenoxy) is 1. The number of carbonyl (C=O) groups is 2. The predicted molar refractivity (Wildman–Crippen MR) is 143 cm³/mol. The number of fused-ring (bicyclic) bond motifs is 1. The molecule has 1 saturated carbocycles. The highest BCUT2D eigenvalue weighted by Crippen LogP contribution is 2.55. The molecule has 10 heteroatoms. The summed E-state index contributed by atoms with van der Waals surface area (Å²) in [6.45, 7) is 9.82. The van der Waals surface area contributed by atoms with E-state index in [4.69, 9.17) is 22.1 Å². The second-order valence-electron chi connectivity index (χ2n) is 11.2. The Morgan fingerprint density at radius 1 is 1.19 bits per heavy atom. The van der Waals surface area contributed by atoms with Crippen LogP contribution < -0.4 is 10.6 Å². The zero-order valence-corrected chi connectivity index (χ0v) is 23.4. The smallest absolute Gasteiger partial charge is 0.414 e. The van der Waals surface area contributed by atoms with E-state index in [-0.39, 0.29) is 23.3 Å². The first-order valence-electron chi connectivity index (χ1n) is 12.4. The molecule has 1 aliphatic heterocycles. The molecular weight excluding hydrogens is 514 g/mol. The van der Waals surface area contributed by atoms with Crippen molar-refractivity contribution in [3.8, 4) is 0 Å². The third-order valence-electron chi connectivity index (χ3n) is 7.04. The Morgan fingerprint density at radius 3 is 2.38 bits per heavy atom. The van der Waals surface area contributed by atoms with E-state index < -0.39 is 33.2 Å². The molecule has 0 radical (unpaired) electrons. The van der Waals surface area contributed by atoms with Gasteiger partial charge >= 0.3 is 6.09 Å². The monoisotopic (exact) mass is 547 g/mol. The van der Waals surface area contributed by atoms with Crippen molar-refractivity contribution in [1.82, 2.24) is 4.31 Å². The van der Waals surface area contributed by atoms with E-state index in [9.17, 15) is 18.0 Å². The summed E-state index contributed by atoms with van der Waals surface area (Å²) in [5.41, 5.74) is 6.31. The predicted octanol–water partition coefficient (Wildman–Crippen LogP) is 4.73. The number of carbonyl (C=O) groups excluding carboxylic acids is 2. The number of sulfonamides is 1. The van der Waals surface area contributed by atoms with Gasteiger partial charge in [-0.25, -0.2) is 13.2 Å². The van der Waals surface area contributed by atoms with Crippen LogP contribution in [-0.2, 0) is 32.5 Å². The molecule has 37 heavy (non-hydrogen) atoms. The van der Waals surface area contributed by atoms with Crippen molar-refractivity contribution in [1.29, 1.82) is 0 Å². The van der Waals surface area contributed by atoms with E-state index in [2.05, 4.69) is 0 Å². The Bertz CT molecular complexity index is 1320. The molecule has 2 unspecified atom stereocenters. The molecule has 2 amide bonds. The molecule has 1 aliphatic carbocycles. The summed E-state index contributed by atoms with van der Waals surface area (Å²) < 4.78 is 34.6. The lowest BCUT2D eigenvalue weighted by Gasteiger charge is -2.31. The van der Waals surface area contributed by atoms with Crippen LogP contribution >= 0.6 is 11.6 Å². The number of primary amides is 1. The van der Waals surface area contributed by atoms with Crippen LogP contribution in [0.25, 0.3) is 0 Å². The van der Waals surface area contributed by atoms with Crippen LogP contribution in [0.2, 0.25) is 5.02 Å². The molecule has 0 bridgehead atoms. The molecule has 0 spiro atoms. The number of halogens is 1. The van der Waals surface area contributed by atoms with Crippen molar-refractivity contribution in [2.75, 3.05) is 11.4 Å². The molecule has 2 N–H and O–H groups in total. The average molecular weight is 548 g/mol. The highest BCUT2D eigenvalue weighted by atomic mass is 35.5. The number of nitrogens with two attached hydrogens (primary N) is 1. The summed E-state index contributed by atoms with van der Waals surface area (Å²) >= 11 is 5.99. The van der Waals surface area contributed by atoms with Gasteiger partial charge < -0.3 is 10.5 Å². The largest absolute Gasteiger partial charge is 0.443 e. The van der Waals surface area contributed by atoms with Crippen LogP contribution in [0.4, 0.5) is 10.5 Å². The van der Waals surface area contributed by atoms with Crippen molar-refractivity contribution in [2.24, 2.45) is 17.6 Å². The van der Waals surface area contributed by atoms with E-state index in [0.717, 1.165) is 11.3 Å². The first kappa shape index (κ1) is 27.4. The minimum absolute atomic E-state index is 0.0309. The third-order valence-corrected chi connectivity index (χ3v) is 9.20. The van der Waals surface area contributed by atoms with Gasteiger partial charge in [0.15, 0.2) is 0 Å². The highest BCUT2D eigenvalue weighted by molar-refractivity contribution is 7.89. The van der Waals surface area contributed by atoms with Crippen LogP contribution in [-0.4, -0.2) is 42.4 Å². The molecule has 2 atom stereocenters. The maximum atomic E-state index is 13.9. The third kappa shape index (κ3) is 5.22. The first-order chi connectivity index (χ1) is 17.2. The maximum Gasteiger partial charge on any atom is 0.414 e. The number of hydrogen-bond donors (Lipinski definition) is 1. The fourth-order valence-corrected chi connectivity index (χ4v) is 7.07. The normalized spacial score (nSPS) is 21.3. The summed E-state index contributed by atoms with van der Waals surface area (Å²) in [6, 6.07) is 11.4. The van der Waals surface area contributed by atoms with Crippen molar-refractivity contribution in [2.45, 2.75) is 70.0 Å². The number of anilines is 1. The van der Waals surface area contributed by atoms with Gasteiger partial charge in [-0.15, -0.1) is 0 Å². The van der Waals surface area contributed by atoms with Gasteiger partial charge in [0.2, 0.25) is 15.9 Å². The Hall–Kier alpha value is -2.62. The molecule has 0 saturated heterocycles. The minimum atomic E-state index is -4.09. The van der Waals surface area contributed by atoms with Crippen LogP contribution in [0.5, 0.6) is 0 Å². The number of rotatable bonds is 7. The van der Waals surface area contributed by atoms with Gasteiger partial charge in [-0.05, 0) is 86.9 Å². The molecule has 1 fully saturated rings. The van der Waals surface area contributed by atoms with E-state index in [1.54, 1.807) is 17.0 Å². The van der Waals surface area contributed by atoms with Gasteiger partial charge in [-0.1, -0.05) is 37.6 Å². The van der Waals surface area contributed by atoms with Crippen LogP contribution in [0.15, 0.2) is 47.4 Å². The molecule has 0 aromatic heterocycles. The summed E-state index contributed by atoms with van der Waals surface area (Å²) in [4.78, 5) is 27.1. The van der Waals surface area contributed by atoms with E-state index in [0.29, 0.717) is 30.0 Å². The standard InChI is InChI=1S/C27H34ClN3O5S/c1-17(2)22-15-27(22,24(29)32)31(37(34,35)21-9-7-20(28)8-10-21)16-18-6-11-23-19(14-18)12-13-30(23)25(33)36-26(3,4)5/h6-11,14,17,22H,12-13,15-16H2,1-5H3,(H2,29,32). The van der Waals surface area contributed by atoms with Crippen molar-refractivity contribution in [3.63, 3.8) is 0 Å². The number of hydrogen-bond acceptors (Lipinski definition) is 5. The lowest BCUT2D eigenvalue weighted by Crippen LogP contribution is -2.51. The van der Waals surface area contributed by atoms with Crippen molar-refractivity contribution < 1.29 is 22.7 Å². The lowest BCUT2D eigenvalue weighted by molar-refractivity contribution is -0.123. The Labute approximate surface area is 223 Å². The summed E-state index contributed by atoms with van der Waals surface area (Å²) in [5, 5.41) is 0.412. The first-order valence-corrected chi connectivity index (χ1v) is 14.2. The Balaban J connectivity index is 1.70. The van der Waals surface area contributed by atoms with Gasteiger partial charge in [0.1, 0.15) is 11.1 Å². The number of amides is 2. The second kappa shape index (κ2) is 9.60. The van der Waals surface area contributed by atoms with Crippen LogP contribution in [0.1, 0.15) is 52.2 Å². The molecule has 8 nitrogen and oxygen atoms in total. The fraction of sp³-hybridized carbons (Fsp3) is 0.481. The second-order valence-corrected chi connectivity index (χ2v) is 13.5. The number of nitrogens with zero attached hydrogens (tertiary/aromatic N) is 2. The van der Waals surface area contributed by atoms with E-state index >= 15 is 0 Å². The molecule has 1 heterocycles. The Kier molecular flexibility index (Phi) is 7.11. The maximum absolute atomic E-state index is 13.9. The molecular formula is C27H34ClN3O5S. The fourth-order valence-electron chi connectivity index (χ4n) is 5.16. The summed E-state index contributed by atoms with van der Waals surface area (Å²) in [5.74, 6) is -0.775. The lowest BCUT2D eigenvalue weighted by atomic mass is 10.0. The quantitative estimate of drug-likeness (QED) is 0.539. The molecule has 2 aromatic carbocycles. The molecule has 2 aromatic rings. The van der Waals surface area contributed by atoms with Gasteiger partial charge in [0.05, 0.1) is 10.6 Å². The van der Waals surface area contributed by atoms with Crippen molar-refractivity contribution in [3.05, 3.63) is 58.6 Å². The Morgan fingerprint density at radius 2 is 1.84 bits per heavy atom. The zero-order valence-electron chi connectivity index (χ0n) is 21.8. The molecule has 2 aliphatic rings. The van der Waals surface area contributed by atoms with E-state index in [1.165, 1.54) is 28.6 Å². The minimum Gasteiger partial charge on any atom is -0.443 e. The molecule has 4 rings (SSSR count). The molecule has 200 valence electrons. The number of benzene rings is 2. The van der Waals surface area contributed by atoms with Crippen molar-refractivity contribution >= 4 is 39.3 Å². The van der Waals surface area contributed by atoms with Crippen LogP contribution in [0, 0.1) is 11.8 Å². The van der Waals surface area contributed by atoms with Crippen LogP contribution in [0.3, 0.4) is 0 Å². The highest BCUT2D eigenvalue weighted by Gasteiger charge is 2.66. The van der Waals surface area contributed by atoms with Gasteiger partial charge in [0.25, 0.3) is 0 Å². The zero-order chi connectivity index (χ0) is 27.3. The van der Waals surface area contributed by atoms with E-state index in [1.807, 2.05) is 40.7 Å². The summed E-state index contributed by atoms with van der Waals surface area (Å²) in [6.07, 6.45) is 0.558. The van der Waals surface area contributed by atoms with Gasteiger partial charge in [-0.2, -0.15) is 4.31 Å². The SMILES string of the molecule is CC(C)C1CC1(C(N)=O)N(Cc1ccc2c(c1)CCN2C(=O)OC(C)(C)C)S(=O)(=O)c1ccc(Cl)cc1. The topological polar surface area (TPSA) is 110 Å². The van der Waals surface area contributed by atoms with Gasteiger partial charge in [0, 0.05) is 18.1 Å². The average Bonchev–Trinajstić information content (AvgIpc) is 3.42. The van der Waals surface area contributed by atoms with Gasteiger partial charge in [-0.3, -0.25) is 9.69 Å². The summed E-state index contributed by atoms with van der Waals surface area (Å²) in [7, 11) is -4.09.